The zero-order valence-electron chi connectivity index (χ0n) is 15.4. The van der Waals surface area contributed by atoms with E-state index in [1.165, 1.54) is 0 Å². The van der Waals surface area contributed by atoms with E-state index in [9.17, 15) is 14.4 Å². The maximum absolute atomic E-state index is 12.5. The second-order valence-electron chi connectivity index (χ2n) is 6.30. The van der Waals surface area contributed by atoms with E-state index in [4.69, 9.17) is 5.26 Å². The van der Waals surface area contributed by atoms with Gasteiger partial charge in [-0.25, -0.2) is 0 Å². The van der Waals surface area contributed by atoms with Crippen LogP contribution in [0.2, 0.25) is 0 Å². The molecule has 3 amide bonds. The highest BCUT2D eigenvalue weighted by molar-refractivity contribution is 8.18. The molecule has 1 fully saturated rings. The van der Waals surface area contributed by atoms with Crippen LogP contribution in [0.5, 0.6) is 0 Å². The first-order valence-corrected chi connectivity index (χ1v) is 9.32. The Balaban J connectivity index is 1.71. The lowest BCUT2D eigenvalue weighted by atomic mass is 10.1. The van der Waals surface area contributed by atoms with Crippen molar-refractivity contribution in [1.29, 1.82) is 5.26 Å². The Morgan fingerprint density at radius 1 is 1.18 bits per heavy atom. The van der Waals surface area contributed by atoms with Gasteiger partial charge in [-0.2, -0.15) is 5.26 Å². The van der Waals surface area contributed by atoms with Crippen LogP contribution in [0, 0.1) is 25.2 Å². The van der Waals surface area contributed by atoms with Gasteiger partial charge < -0.3 is 5.32 Å². The zero-order valence-corrected chi connectivity index (χ0v) is 16.2. The summed E-state index contributed by atoms with van der Waals surface area (Å²) in [5.74, 6) is -0.939. The largest absolute Gasteiger partial charge is 0.324 e. The van der Waals surface area contributed by atoms with Crippen LogP contribution in [0.25, 0.3) is 6.08 Å². The van der Waals surface area contributed by atoms with Crippen LogP contribution < -0.4 is 5.32 Å². The molecule has 0 bridgehead atoms. The van der Waals surface area contributed by atoms with Crippen LogP contribution in [-0.2, 0) is 9.59 Å². The Hall–Kier alpha value is -3.37. The molecule has 0 spiro atoms. The molecule has 3 rings (SSSR count). The number of nitrogens with one attached hydrogen (secondary N) is 1. The van der Waals surface area contributed by atoms with Crippen LogP contribution in [-0.4, -0.2) is 28.5 Å². The Labute approximate surface area is 166 Å². The fraction of sp³-hybridized carbons (Fsp3) is 0.143. The first kappa shape index (κ1) is 19.4. The monoisotopic (exact) mass is 391 g/mol. The molecule has 0 aromatic heterocycles. The third kappa shape index (κ3) is 4.13. The minimum Gasteiger partial charge on any atom is -0.324 e. The molecule has 2 aromatic carbocycles. The number of rotatable bonds is 4. The number of carbonyl (C=O) groups excluding carboxylic acids is 3. The number of hydrogen-bond acceptors (Lipinski definition) is 5. The van der Waals surface area contributed by atoms with E-state index in [0.717, 1.165) is 27.8 Å². The van der Waals surface area contributed by atoms with Gasteiger partial charge in [-0.15, -0.1) is 0 Å². The minimum atomic E-state index is -0.504. The zero-order chi connectivity index (χ0) is 20.3. The lowest BCUT2D eigenvalue weighted by Gasteiger charge is -2.14. The van der Waals surface area contributed by atoms with Crippen molar-refractivity contribution in [3.8, 4) is 6.07 Å². The number of anilines is 1. The molecule has 0 aliphatic carbocycles. The molecule has 1 N–H and O–H groups in total. The predicted molar refractivity (Wildman–Crippen MR) is 108 cm³/mol. The highest BCUT2D eigenvalue weighted by Crippen LogP contribution is 2.32. The normalized spacial score (nSPS) is 15.0. The average Bonchev–Trinajstić information content (AvgIpc) is 2.93. The summed E-state index contributed by atoms with van der Waals surface area (Å²) >= 11 is 0.794. The van der Waals surface area contributed by atoms with E-state index in [-0.39, 0.29) is 11.4 Å². The maximum atomic E-state index is 12.5. The molecule has 0 saturated carbocycles. The Bertz CT molecular complexity index is 1040. The number of carbonyl (C=O) groups is 3. The topological polar surface area (TPSA) is 90.3 Å². The van der Waals surface area contributed by atoms with Crippen molar-refractivity contribution in [2.24, 2.45) is 0 Å². The Morgan fingerprint density at radius 2 is 1.89 bits per heavy atom. The predicted octanol–water partition coefficient (Wildman–Crippen LogP) is 3.85. The summed E-state index contributed by atoms with van der Waals surface area (Å²) in [5.41, 5.74) is 3.84. The van der Waals surface area contributed by atoms with E-state index in [0.29, 0.717) is 16.8 Å². The third-order valence-corrected chi connectivity index (χ3v) is 5.30. The average molecular weight is 391 g/mol. The summed E-state index contributed by atoms with van der Waals surface area (Å²) < 4.78 is 0. The van der Waals surface area contributed by atoms with Gasteiger partial charge in [0.1, 0.15) is 6.54 Å². The smallest absolute Gasteiger partial charge is 0.294 e. The van der Waals surface area contributed by atoms with E-state index >= 15 is 0 Å². The quantitative estimate of drug-likeness (QED) is 0.800. The van der Waals surface area contributed by atoms with Gasteiger partial charge in [0.2, 0.25) is 5.91 Å². The summed E-state index contributed by atoms with van der Waals surface area (Å²) in [6.45, 7) is 3.49. The van der Waals surface area contributed by atoms with E-state index in [1.54, 1.807) is 36.4 Å². The highest BCUT2D eigenvalue weighted by Gasteiger charge is 2.36. The van der Waals surface area contributed by atoms with Gasteiger partial charge in [0.15, 0.2) is 0 Å². The molecule has 1 aliphatic rings. The van der Waals surface area contributed by atoms with Crippen molar-refractivity contribution in [3.63, 3.8) is 0 Å². The Morgan fingerprint density at radius 3 is 2.57 bits per heavy atom. The van der Waals surface area contributed by atoms with Gasteiger partial charge >= 0.3 is 0 Å². The van der Waals surface area contributed by atoms with Gasteiger partial charge in [0.05, 0.1) is 16.5 Å². The number of thioether (sulfide) groups is 1. The lowest BCUT2D eigenvalue weighted by molar-refractivity contribution is -0.127. The number of amides is 3. The molecule has 1 saturated heterocycles. The van der Waals surface area contributed by atoms with Crippen LogP contribution in [0.3, 0.4) is 0 Å². The SMILES string of the molecule is Cc1cccc(NC(=O)CN2C(=O)S/C(=C/c3ccc(C#N)cc3)C2=O)c1C. The number of nitriles is 1. The van der Waals surface area contributed by atoms with Gasteiger partial charge in [-0.05, 0) is 66.6 Å². The molecule has 0 radical (unpaired) electrons. The minimum absolute atomic E-state index is 0.245. The Kier molecular flexibility index (Phi) is 5.62. The van der Waals surface area contributed by atoms with Crippen molar-refractivity contribution < 1.29 is 14.4 Å². The first-order valence-electron chi connectivity index (χ1n) is 8.50. The summed E-state index contributed by atoms with van der Waals surface area (Å²) in [5, 5.41) is 11.1. The van der Waals surface area contributed by atoms with Crippen LogP contribution in [0.4, 0.5) is 10.5 Å². The van der Waals surface area contributed by atoms with Crippen LogP contribution >= 0.6 is 11.8 Å². The molecular weight excluding hydrogens is 374 g/mol. The van der Waals surface area contributed by atoms with Gasteiger partial charge in [0, 0.05) is 5.69 Å². The number of imide groups is 1. The number of benzene rings is 2. The highest BCUT2D eigenvalue weighted by atomic mass is 32.2. The van der Waals surface area contributed by atoms with Gasteiger partial charge in [0.25, 0.3) is 11.1 Å². The molecule has 1 aliphatic heterocycles. The molecular formula is C21H17N3O3S. The fourth-order valence-corrected chi connectivity index (χ4v) is 3.50. The third-order valence-electron chi connectivity index (χ3n) is 4.39. The number of aryl methyl sites for hydroxylation is 1. The molecule has 0 unspecified atom stereocenters. The standard InChI is InChI=1S/C21H17N3O3S/c1-13-4-3-5-17(14(13)2)23-19(25)12-24-20(26)18(28-21(24)27)10-15-6-8-16(11-22)9-7-15/h3-10H,12H2,1-2H3,(H,23,25)/b18-10+. The second-order valence-corrected chi connectivity index (χ2v) is 7.29. The fourth-order valence-electron chi connectivity index (χ4n) is 2.66. The summed E-state index contributed by atoms with van der Waals surface area (Å²) in [6.07, 6.45) is 1.58. The van der Waals surface area contributed by atoms with Crippen LogP contribution in [0.15, 0.2) is 47.4 Å². The van der Waals surface area contributed by atoms with Crippen molar-refractivity contribution in [2.45, 2.75) is 13.8 Å². The van der Waals surface area contributed by atoms with Gasteiger partial charge in [-0.1, -0.05) is 24.3 Å². The molecule has 0 atom stereocenters. The van der Waals surface area contributed by atoms with Crippen molar-refractivity contribution >= 4 is 40.6 Å². The molecule has 6 nitrogen and oxygen atoms in total. The molecule has 7 heteroatoms. The molecule has 1 heterocycles. The van der Waals surface area contributed by atoms with Crippen LogP contribution in [0.1, 0.15) is 22.3 Å². The van der Waals surface area contributed by atoms with Crippen molar-refractivity contribution in [1.82, 2.24) is 4.90 Å². The lowest BCUT2D eigenvalue weighted by Crippen LogP contribution is -2.36. The summed E-state index contributed by atoms with van der Waals surface area (Å²) in [4.78, 5) is 38.3. The van der Waals surface area contributed by atoms with E-state index in [1.807, 2.05) is 32.0 Å². The number of nitrogens with zero attached hydrogens (tertiary/aromatic N) is 2. The van der Waals surface area contributed by atoms with Crippen molar-refractivity contribution in [2.75, 3.05) is 11.9 Å². The number of hydrogen-bond donors (Lipinski definition) is 1. The van der Waals surface area contributed by atoms with Gasteiger partial charge in [-0.3, -0.25) is 19.3 Å². The van der Waals surface area contributed by atoms with Crippen molar-refractivity contribution in [3.05, 3.63) is 69.6 Å². The summed E-state index contributed by atoms with van der Waals surface area (Å²) in [6, 6.07) is 14.2. The molecule has 28 heavy (non-hydrogen) atoms. The first-order chi connectivity index (χ1) is 13.4. The van der Waals surface area contributed by atoms with E-state index in [2.05, 4.69) is 5.32 Å². The maximum Gasteiger partial charge on any atom is 0.294 e. The molecule has 140 valence electrons. The summed E-state index contributed by atoms with van der Waals surface area (Å²) in [7, 11) is 0. The van der Waals surface area contributed by atoms with E-state index < -0.39 is 17.1 Å². The molecule has 2 aromatic rings. The second kappa shape index (κ2) is 8.11.